The van der Waals surface area contributed by atoms with Gasteiger partial charge in [0.2, 0.25) is 0 Å². The van der Waals surface area contributed by atoms with Gasteiger partial charge >= 0.3 is 0 Å². The summed E-state index contributed by atoms with van der Waals surface area (Å²) in [6, 6.07) is 23.3. The molecule has 4 rings (SSSR count). The number of benzene rings is 3. The summed E-state index contributed by atoms with van der Waals surface area (Å²) in [5, 5.41) is 1.74. The van der Waals surface area contributed by atoms with Crippen LogP contribution in [0, 0.1) is 6.92 Å². The number of likely N-dealkylation sites (N-methyl/N-ethyl adjacent to an activating group) is 1. The van der Waals surface area contributed by atoms with Gasteiger partial charge in [0, 0.05) is 34.2 Å². The molecule has 0 saturated carbocycles. The van der Waals surface area contributed by atoms with Crippen molar-refractivity contribution in [2.75, 3.05) is 13.2 Å². The Hall–Kier alpha value is -3.24. The third kappa shape index (κ3) is 4.59. The lowest BCUT2D eigenvalue weighted by Gasteiger charge is -2.31. The standard InChI is InChI=1S/C26H25ClN2O2/c1-3-29(25(30)17-31-21-14-12-20(27)13-15-21)26(19-10-8-18(2)9-11-19)23-16-28-24-7-5-4-6-22(23)24/h4-16,26,28H,3,17H2,1-2H3/t26-/m0/s1. The number of aromatic amines is 1. The zero-order chi connectivity index (χ0) is 21.8. The molecule has 5 heteroatoms. The number of hydrogen-bond acceptors (Lipinski definition) is 2. The van der Waals surface area contributed by atoms with E-state index >= 15 is 0 Å². The number of fused-ring (bicyclic) bond motifs is 1. The lowest BCUT2D eigenvalue weighted by Crippen LogP contribution is -2.38. The summed E-state index contributed by atoms with van der Waals surface area (Å²) in [4.78, 5) is 18.5. The number of para-hydroxylation sites is 1. The fraction of sp³-hybridized carbons (Fsp3) is 0.192. The summed E-state index contributed by atoms with van der Waals surface area (Å²) in [5.41, 5.74) is 4.37. The first-order valence-electron chi connectivity index (χ1n) is 10.4. The molecule has 0 bridgehead atoms. The topological polar surface area (TPSA) is 45.3 Å². The van der Waals surface area contributed by atoms with E-state index in [0.29, 0.717) is 17.3 Å². The Kier molecular flexibility index (Phi) is 6.28. The van der Waals surface area contributed by atoms with Crippen molar-refractivity contribution in [2.24, 2.45) is 0 Å². The van der Waals surface area contributed by atoms with Crippen molar-refractivity contribution in [1.82, 2.24) is 9.88 Å². The van der Waals surface area contributed by atoms with Crippen molar-refractivity contribution >= 4 is 28.4 Å². The first kappa shape index (κ1) is 21.0. The molecule has 0 fully saturated rings. The predicted molar refractivity (Wildman–Crippen MR) is 126 cm³/mol. The number of nitrogens with one attached hydrogen (secondary N) is 1. The molecule has 0 radical (unpaired) electrons. The Bertz CT molecular complexity index is 1170. The van der Waals surface area contributed by atoms with Gasteiger partial charge in [-0.25, -0.2) is 0 Å². The van der Waals surface area contributed by atoms with E-state index in [0.717, 1.165) is 22.0 Å². The first-order chi connectivity index (χ1) is 15.1. The van der Waals surface area contributed by atoms with Gasteiger partial charge in [0.25, 0.3) is 5.91 Å². The summed E-state index contributed by atoms with van der Waals surface area (Å²) in [7, 11) is 0. The highest BCUT2D eigenvalue weighted by atomic mass is 35.5. The van der Waals surface area contributed by atoms with Crippen molar-refractivity contribution < 1.29 is 9.53 Å². The molecule has 0 aliphatic carbocycles. The normalized spacial score (nSPS) is 12.0. The van der Waals surface area contributed by atoms with Crippen LogP contribution >= 0.6 is 11.6 Å². The van der Waals surface area contributed by atoms with Crippen LogP contribution in [0.4, 0.5) is 0 Å². The molecule has 1 aromatic heterocycles. The summed E-state index contributed by atoms with van der Waals surface area (Å²) < 4.78 is 5.76. The highest BCUT2D eigenvalue weighted by Crippen LogP contribution is 2.34. The van der Waals surface area contributed by atoms with Crippen LogP contribution in [0.15, 0.2) is 79.0 Å². The third-order valence-corrected chi connectivity index (χ3v) is 5.71. The summed E-state index contributed by atoms with van der Waals surface area (Å²) in [5.74, 6) is 0.543. The zero-order valence-electron chi connectivity index (χ0n) is 17.6. The molecule has 3 aromatic carbocycles. The number of ether oxygens (including phenoxy) is 1. The molecule has 0 aliphatic heterocycles. The number of aromatic nitrogens is 1. The fourth-order valence-electron chi connectivity index (χ4n) is 3.86. The SMILES string of the molecule is CCN(C(=O)COc1ccc(Cl)cc1)[C@@H](c1ccc(C)cc1)c1c[nH]c2ccccc12. The molecule has 0 spiro atoms. The largest absolute Gasteiger partial charge is 0.484 e. The van der Waals surface area contributed by atoms with Crippen molar-refractivity contribution in [2.45, 2.75) is 19.9 Å². The second kappa shape index (κ2) is 9.27. The molecule has 1 amide bonds. The summed E-state index contributed by atoms with van der Waals surface area (Å²) >= 11 is 5.94. The van der Waals surface area contributed by atoms with E-state index in [-0.39, 0.29) is 18.6 Å². The maximum absolute atomic E-state index is 13.3. The average Bonchev–Trinajstić information content (AvgIpc) is 3.21. The highest BCUT2D eigenvalue weighted by molar-refractivity contribution is 6.30. The van der Waals surface area contributed by atoms with Gasteiger partial charge in [-0.15, -0.1) is 0 Å². The highest BCUT2D eigenvalue weighted by Gasteiger charge is 2.28. The van der Waals surface area contributed by atoms with Crippen LogP contribution in [-0.4, -0.2) is 28.9 Å². The molecule has 1 atom stereocenters. The minimum atomic E-state index is -0.219. The number of amides is 1. The van der Waals surface area contributed by atoms with Crippen LogP contribution in [0.25, 0.3) is 10.9 Å². The van der Waals surface area contributed by atoms with Crippen molar-refractivity contribution in [3.05, 3.63) is 101 Å². The fourth-order valence-corrected chi connectivity index (χ4v) is 3.98. The molecule has 4 aromatic rings. The monoisotopic (exact) mass is 432 g/mol. The minimum absolute atomic E-state index is 0.0415. The second-order valence-corrected chi connectivity index (χ2v) is 7.96. The van der Waals surface area contributed by atoms with Crippen molar-refractivity contribution in [3.8, 4) is 5.75 Å². The summed E-state index contributed by atoms with van der Waals surface area (Å²) in [6.45, 7) is 4.57. The number of carbonyl (C=O) groups excluding carboxylic acids is 1. The van der Waals surface area contributed by atoms with Crippen LogP contribution in [0.5, 0.6) is 5.75 Å². The van der Waals surface area contributed by atoms with E-state index in [1.165, 1.54) is 5.56 Å². The van der Waals surface area contributed by atoms with E-state index in [9.17, 15) is 4.79 Å². The molecule has 31 heavy (non-hydrogen) atoms. The molecular weight excluding hydrogens is 408 g/mol. The molecule has 0 unspecified atom stereocenters. The Morgan fingerprint density at radius 2 is 1.74 bits per heavy atom. The zero-order valence-corrected chi connectivity index (χ0v) is 18.4. The Labute approximate surface area is 187 Å². The van der Waals surface area contributed by atoms with Gasteiger partial charge in [0.1, 0.15) is 5.75 Å². The smallest absolute Gasteiger partial charge is 0.261 e. The predicted octanol–water partition coefficient (Wildman–Crippen LogP) is 6.15. The van der Waals surface area contributed by atoms with Crippen LogP contribution in [0.3, 0.4) is 0 Å². The summed E-state index contributed by atoms with van der Waals surface area (Å²) in [6.07, 6.45) is 2.01. The average molecular weight is 433 g/mol. The molecule has 0 aliphatic rings. The molecule has 0 saturated heterocycles. The van der Waals surface area contributed by atoms with Crippen LogP contribution in [0.1, 0.15) is 29.7 Å². The van der Waals surface area contributed by atoms with E-state index in [1.54, 1.807) is 24.3 Å². The van der Waals surface area contributed by atoms with Crippen molar-refractivity contribution in [3.63, 3.8) is 0 Å². The molecular formula is C26H25ClN2O2. The molecule has 158 valence electrons. The molecule has 1 heterocycles. The van der Waals surface area contributed by atoms with Gasteiger partial charge in [-0.05, 0) is 49.7 Å². The van der Waals surface area contributed by atoms with Gasteiger partial charge in [0.15, 0.2) is 6.61 Å². The van der Waals surface area contributed by atoms with Gasteiger partial charge < -0.3 is 14.6 Å². The van der Waals surface area contributed by atoms with E-state index in [1.807, 2.05) is 36.2 Å². The number of carbonyl (C=O) groups is 1. The third-order valence-electron chi connectivity index (χ3n) is 5.46. The van der Waals surface area contributed by atoms with Gasteiger partial charge in [-0.2, -0.15) is 0 Å². The van der Waals surface area contributed by atoms with Crippen LogP contribution < -0.4 is 4.74 Å². The Morgan fingerprint density at radius 3 is 2.45 bits per heavy atom. The molecule has 1 N–H and O–H groups in total. The van der Waals surface area contributed by atoms with E-state index in [4.69, 9.17) is 16.3 Å². The van der Waals surface area contributed by atoms with E-state index < -0.39 is 0 Å². The maximum atomic E-state index is 13.3. The minimum Gasteiger partial charge on any atom is -0.484 e. The quantitative estimate of drug-likeness (QED) is 0.381. The Balaban J connectivity index is 1.67. The lowest BCUT2D eigenvalue weighted by molar-refractivity contribution is -0.134. The van der Waals surface area contributed by atoms with Gasteiger partial charge in [0.05, 0.1) is 6.04 Å². The number of halogens is 1. The lowest BCUT2D eigenvalue weighted by atomic mass is 9.95. The second-order valence-electron chi connectivity index (χ2n) is 7.53. The number of nitrogens with zero attached hydrogens (tertiary/aromatic N) is 1. The number of rotatable bonds is 7. The first-order valence-corrected chi connectivity index (χ1v) is 10.7. The number of aryl methyl sites for hydroxylation is 1. The van der Waals surface area contributed by atoms with Gasteiger partial charge in [-0.1, -0.05) is 59.6 Å². The number of H-pyrrole nitrogens is 1. The van der Waals surface area contributed by atoms with Crippen LogP contribution in [-0.2, 0) is 4.79 Å². The van der Waals surface area contributed by atoms with E-state index in [2.05, 4.69) is 42.2 Å². The van der Waals surface area contributed by atoms with Crippen LogP contribution in [0.2, 0.25) is 5.02 Å². The molecule has 4 nitrogen and oxygen atoms in total. The van der Waals surface area contributed by atoms with Crippen molar-refractivity contribution in [1.29, 1.82) is 0 Å². The number of hydrogen-bond donors (Lipinski definition) is 1. The maximum Gasteiger partial charge on any atom is 0.261 e. The van der Waals surface area contributed by atoms with Gasteiger partial charge in [-0.3, -0.25) is 4.79 Å². The Morgan fingerprint density at radius 1 is 1.03 bits per heavy atom.